The fraction of sp³-hybridized carbons (Fsp3) is 0.643. The number of aromatic nitrogens is 2. The van der Waals surface area contributed by atoms with E-state index in [9.17, 15) is 4.79 Å². The summed E-state index contributed by atoms with van der Waals surface area (Å²) in [5.41, 5.74) is 0.368. The second-order valence-corrected chi connectivity index (χ2v) is 5.01. The van der Waals surface area contributed by atoms with Gasteiger partial charge < -0.3 is 15.4 Å². The molecule has 1 heterocycles. The van der Waals surface area contributed by atoms with E-state index in [0.717, 1.165) is 12.8 Å². The third-order valence-electron chi connectivity index (χ3n) is 3.44. The van der Waals surface area contributed by atoms with E-state index in [-0.39, 0.29) is 11.9 Å². The summed E-state index contributed by atoms with van der Waals surface area (Å²) in [6.07, 6.45) is 8.87. The molecule has 6 nitrogen and oxygen atoms in total. The largest absolute Gasteiger partial charge is 0.383 e. The van der Waals surface area contributed by atoms with Gasteiger partial charge in [-0.3, -0.25) is 4.79 Å². The lowest BCUT2D eigenvalue weighted by Gasteiger charge is -2.22. The highest BCUT2D eigenvalue weighted by Gasteiger charge is 2.17. The van der Waals surface area contributed by atoms with Gasteiger partial charge in [0.15, 0.2) is 0 Å². The first-order valence-electron chi connectivity index (χ1n) is 7.15. The monoisotopic (exact) mass is 278 g/mol. The van der Waals surface area contributed by atoms with E-state index in [0.29, 0.717) is 24.7 Å². The van der Waals surface area contributed by atoms with Crippen LogP contribution in [0.5, 0.6) is 0 Å². The zero-order chi connectivity index (χ0) is 14.2. The van der Waals surface area contributed by atoms with Crippen LogP contribution in [0.15, 0.2) is 12.4 Å². The van der Waals surface area contributed by atoms with E-state index in [4.69, 9.17) is 4.74 Å². The summed E-state index contributed by atoms with van der Waals surface area (Å²) in [7, 11) is 1.64. The highest BCUT2D eigenvalue weighted by molar-refractivity contribution is 5.92. The molecule has 2 rings (SSSR count). The van der Waals surface area contributed by atoms with Crippen molar-refractivity contribution in [3.8, 4) is 0 Å². The molecule has 2 N–H and O–H groups in total. The van der Waals surface area contributed by atoms with E-state index in [1.54, 1.807) is 13.3 Å². The van der Waals surface area contributed by atoms with E-state index in [1.165, 1.54) is 25.5 Å². The number of carbonyl (C=O) groups is 1. The van der Waals surface area contributed by atoms with Crippen LogP contribution in [0.3, 0.4) is 0 Å². The van der Waals surface area contributed by atoms with Crippen molar-refractivity contribution < 1.29 is 9.53 Å². The molecule has 1 amide bonds. The summed E-state index contributed by atoms with van der Waals surface area (Å²) in [6.45, 7) is 1.27. The molecule has 0 spiro atoms. The predicted octanol–water partition coefficient (Wildman–Crippen LogP) is 1.60. The van der Waals surface area contributed by atoms with Crippen LogP contribution in [0, 0.1) is 0 Å². The van der Waals surface area contributed by atoms with Crippen molar-refractivity contribution in [2.75, 3.05) is 25.6 Å². The van der Waals surface area contributed by atoms with E-state index in [2.05, 4.69) is 20.6 Å². The molecule has 1 fully saturated rings. The van der Waals surface area contributed by atoms with Gasteiger partial charge in [-0.15, -0.1) is 0 Å². The van der Waals surface area contributed by atoms with Crippen molar-refractivity contribution in [2.24, 2.45) is 0 Å². The average molecular weight is 278 g/mol. The molecule has 1 aromatic rings. The molecular formula is C14H22N4O2. The lowest BCUT2D eigenvalue weighted by molar-refractivity contribution is 0.0922. The molecule has 1 aliphatic carbocycles. The fourth-order valence-corrected chi connectivity index (χ4v) is 2.32. The first kappa shape index (κ1) is 14.7. The molecule has 0 bridgehead atoms. The Hall–Kier alpha value is -1.69. The molecule has 20 heavy (non-hydrogen) atoms. The number of methoxy groups -OCH3 is 1. The van der Waals surface area contributed by atoms with Crippen LogP contribution in [0.1, 0.15) is 42.6 Å². The van der Waals surface area contributed by atoms with Crippen molar-refractivity contribution in [2.45, 2.75) is 38.1 Å². The first-order chi connectivity index (χ1) is 9.79. The minimum Gasteiger partial charge on any atom is -0.383 e. The Balaban J connectivity index is 1.83. The molecular weight excluding hydrogens is 256 g/mol. The maximum atomic E-state index is 12.0. The topological polar surface area (TPSA) is 76.1 Å². The molecule has 110 valence electrons. The van der Waals surface area contributed by atoms with Gasteiger partial charge in [0.1, 0.15) is 11.5 Å². The van der Waals surface area contributed by atoms with Crippen LogP contribution >= 0.6 is 0 Å². The van der Waals surface area contributed by atoms with Gasteiger partial charge in [0.2, 0.25) is 0 Å². The molecule has 0 saturated heterocycles. The van der Waals surface area contributed by atoms with Crippen molar-refractivity contribution in [3.63, 3.8) is 0 Å². The summed E-state index contributed by atoms with van der Waals surface area (Å²) in [6, 6.07) is 0.289. The fourth-order valence-electron chi connectivity index (χ4n) is 2.32. The number of amides is 1. The Morgan fingerprint density at radius 3 is 2.75 bits per heavy atom. The Kier molecular flexibility index (Phi) is 5.73. The zero-order valence-corrected chi connectivity index (χ0v) is 11.9. The second kappa shape index (κ2) is 7.79. The number of hydrogen-bond acceptors (Lipinski definition) is 5. The van der Waals surface area contributed by atoms with Crippen molar-refractivity contribution in [1.29, 1.82) is 0 Å². The summed E-state index contributed by atoms with van der Waals surface area (Å²) < 4.78 is 4.94. The SMILES string of the molecule is COCCNc1cnc(C(=O)NC2CCCCC2)cn1. The summed E-state index contributed by atoms with van der Waals surface area (Å²) in [5.74, 6) is 0.518. The molecule has 0 unspecified atom stereocenters. The summed E-state index contributed by atoms with van der Waals surface area (Å²) >= 11 is 0. The molecule has 0 aromatic carbocycles. The lowest BCUT2D eigenvalue weighted by atomic mass is 9.95. The molecule has 6 heteroatoms. The first-order valence-corrected chi connectivity index (χ1v) is 7.15. The van der Waals surface area contributed by atoms with E-state index in [1.807, 2.05) is 0 Å². The maximum absolute atomic E-state index is 12.0. The Morgan fingerprint density at radius 2 is 2.10 bits per heavy atom. The van der Waals surface area contributed by atoms with Gasteiger partial charge in [-0.25, -0.2) is 9.97 Å². The third-order valence-corrected chi connectivity index (χ3v) is 3.44. The number of nitrogens with one attached hydrogen (secondary N) is 2. The lowest BCUT2D eigenvalue weighted by Crippen LogP contribution is -2.36. The standard InChI is InChI=1S/C14H22N4O2/c1-20-8-7-15-13-10-16-12(9-17-13)14(19)18-11-5-3-2-4-6-11/h9-11H,2-8H2,1H3,(H,15,17)(H,18,19). The molecule has 0 radical (unpaired) electrons. The Morgan fingerprint density at radius 1 is 1.30 bits per heavy atom. The maximum Gasteiger partial charge on any atom is 0.271 e. The van der Waals surface area contributed by atoms with Gasteiger partial charge in [-0.1, -0.05) is 19.3 Å². The second-order valence-electron chi connectivity index (χ2n) is 5.01. The highest BCUT2D eigenvalue weighted by atomic mass is 16.5. The average Bonchev–Trinajstić information content (AvgIpc) is 2.49. The molecule has 0 aliphatic heterocycles. The number of ether oxygens (including phenoxy) is 1. The number of hydrogen-bond donors (Lipinski definition) is 2. The van der Waals surface area contributed by atoms with Crippen LogP contribution in [-0.2, 0) is 4.74 Å². The van der Waals surface area contributed by atoms with Crippen molar-refractivity contribution >= 4 is 11.7 Å². The van der Waals surface area contributed by atoms with Gasteiger partial charge in [0.05, 0.1) is 19.0 Å². The third kappa shape index (κ3) is 4.45. The molecule has 1 saturated carbocycles. The van der Waals surface area contributed by atoms with Gasteiger partial charge in [-0.2, -0.15) is 0 Å². The smallest absolute Gasteiger partial charge is 0.271 e. The van der Waals surface area contributed by atoms with Gasteiger partial charge in [0, 0.05) is 19.7 Å². The minimum absolute atomic E-state index is 0.132. The zero-order valence-electron chi connectivity index (χ0n) is 11.9. The number of rotatable bonds is 6. The van der Waals surface area contributed by atoms with Gasteiger partial charge in [0.25, 0.3) is 5.91 Å². The molecule has 1 aromatic heterocycles. The van der Waals surface area contributed by atoms with E-state index < -0.39 is 0 Å². The highest BCUT2D eigenvalue weighted by Crippen LogP contribution is 2.17. The minimum atomic E-state index is -0.132. The Bertz CT molecular complexity index is 416. The van der Waals surface area contributed by atoms with Gasteiger partial charge in [-0.05, 0) is 12.8 Å². The number of carbonyl (C=O) groups excluding carboxylic acids is 1. The quantitative estimate of drug-likeness (QED) is 0.773. The summed E-state index contributed by atoms with van der Waals surface area (Å²) in [4.78, 5) is 20.4. The van der Waals surface area contributed by atoms with Crippen LogP contribution < -0.4 is 10.6 Å². The van der Waals surface area contributed by atoms with Crippen molar-refractivity contribution in [3.05, 3.63) is 18.1 Å². The van der Waals surface area contributed by atoms with Crippen LogP contribution in [0.4, 0.5) is 5.82 Å². The van der Waals surface area contributed by atoms with Gasteiger partial charge >= 0.3 is 0 Å². The molecule has 1 aliphatic rings. The van der Waals surface area contributed by atoms with Crippen LogP contribution in [-0.4, -0.2) is 42.2 Å². The number of nitrogens with zero attached hydrogens (tertiary/aromatic N) is 2. The molecule has 0 atom stereocenters. The van der Waals surface area contributed by atoms with E-state index >= 15 is 0 Å². The number of anilines is 1. The summed E-state index contributed by atoms with van der Waals surface area (Å²) in [5, 5.41) is 6.09. The van der Waals surface area contributed by atoms with Crippen LogP contribution in [0.25, 0.3) is 0 Å². The normalized spacial score (nSPS) is 15.8. The predicted molar refractivity (Wildman–Crippen MR) is 76.7 cm³/mol. The van der Waals surface area contributed by atoms with Crippen molar-refractivity contribution in [1.82, 2.24) is 15.3 Å². The van der Waals surface area contributed by atoms with Crippen LogP contribution in [0.2, 0.25) is 0 Å². The Labute approximate surface area is 119 Å².